The van der Waals surface area contributed by atoms with Crippen LogP contribution in [-0.4, -0.2) is 30.5 Å². The van der Waals surface area contributed by atoms with Crippen LogP contribution in [0.15, 0.2) is 63.8 Å². The van der Waals surface area contributed by atoms with Crippen LogP contribution in [-0.2, 0) is 4.79 Å². The number of halogens is 1. The van der Waals surface area contributed by atoms with Gasteiger partial charge in [-0.05, 0) is 36.1 Å². The number of hydrogen-bond acceptors (Lipinski definition) is 4. The average Bonchev–Trinajstić information content (AvgIpc) is 2.73. The first-order valence-corrected chi connectivity index (χ1v) is 9.78. The molecule has 29 heavy (non-hydrogen) atoms. The van der Waals surface area contributed by atoms with Crippen molar-refractivity contribution in [2.45, 2.75) is 13.3 Å². The highest BCUT2D eigenvalue weighted by Crippen LogP contribution is 2.31. The minimum absolute atomic E-state index is 0.116. The van der Waals surface area contributed by atoms with Crippen molar-refractivity contribution < 1.29 is 13.9 Å². The summed E-state index contributed by atoms with van der Waals surface area (Å²) in [6, 6.07) is 14.8. The standard InChI is InChI=1S/C23H20ClNO4/c1-15-11-23(27)29-20-13-21(19(24)12-18(15)20)28-14-22(26)25-9-7-17(8-10-25)16-5-3-2-4-6-16/h2-7,11-13H,8-10,14H2,1H3. The van der Waals surface area contributed by atoms with E-state index < -0.39 is 5.63 Å². The van der Waals surface area contributed by atoms with Crippen LogP contribution in [0.4, 0.5) is 0 Å². The van der Waals surface area contributed by atoms with Gasteiger partial charge < -0.3 is 14.1 Å². The van der Waals surface area contributed by atoms with Gasteiger partial charge in [0.25, 0.3) is 5.91 Å². The maximum Gasteiger partial charge on any atom is 0.336 e. The van der Waals surface area contributed by atoms with E-state index in [1.54, 1.807) is 17.0 Å². The van der Waals surface area contributed by atoms with Gasteiger partial charge in [-0.25, -0.2) is 4.79 Å². The third-order valence-electron chi connectivity index (χ3n) is 5.06. The molecule has 0 saturated carbocycles. The summed E-state index contributed by atoms with van der Waals surface area (Å²) in [6.45, 7) is 2.87. The van der Waals surface area contributed by atoms with Crippen LogP contribution in [0.3, 0.4) is 0 Å². The normalized spacial score (nSPS) is 14.0. The lowest BCUT2D eigenvalue weighted by Crippen LogP contribution is -2.37. The first-order chi connectivity index (χ1) is 14.0. The summed E-state index contributed by atoms with van der Waals surface area (Å²) in [5.41, 5.74) is 3.16. The van der Waals surface area contributed by atoms with Gasteiger partial charge in [0.05, 0.1) is 5.02 Å². The summed E-state index contributed by atoms with van der Waals surface area (Å²) in [4.78, 5) is 25.9. The Kier molecular flexibility index (Phi) is 5.41. The molecular weight excluding hydrogens is 390 g/mol. The molecule has 0 aliphatic carbocycles. The zero-order chi connectivity index (χ0) is 20.4. The molecule has 5 nitrogen and oxygen atoms in total. The van der Waals surface area contributed by atoms with Crippen molar-refractivity contribution in [1.29, 1.82) is 0 Å². The van der Waals surface area contributed by atoms with Crippen molar-refractivity contribution in [3.63, 3.8) is 0 Å². The molecule has 4 rings (SSSR count). The molecule has 0 spiro atoms. The number of hydrogen-bond donors (Lipinski definition) is 0. The predicted octanol–water partition coefficient (Wildman–Crippen LogP) is 4.45. The summed E-state index contributed by atoms with van der Waals surface area (Å²) in [7, 11) is 0. The molecule has 0 radical (unpaired) electrons. The lowest BCUT2D eigenvalue weighted by Gasteiger charge is -2.26. The molecular formula is C23H20ClNO4. The van der Waals surface area contributed by atoms with Gasteiger partial charge in [-0.15, -0.1) is 0 Å². The number of nitrogens with zero attached hydrogens (tertiary/aromatic N) is 1. The SMILES string of the molecule is Cc1cc(=O)oc2cc(OCC(=O)N3CC=C(c4ccccc4)CC3)c(Cl)cc12. The van der Waals surface area contributed by atoms with E-state index >= 15 is 0 Å². The van der Waals surface area contributed by atoms with Gasteiger partial charge in [0.1, 0.15) is 11.3 Å². The molecule has 148 valence electrons. The molecule has 0 fully saturated rings. The van der Waals surface area contributed by atoms with E-state index in [1.165, 1.54) is 17.2 Å². The van der Waals surface area contributed by atoms with Crippen LogP contribution < -0.4 is 10.4 Å². The molecule has 0 saturated heterocycles. The van der Waals surface area contributed by atoms with Gasteiger partial charge in [-0.2, -0.15) is 0 Å². The number of ether oxygens (including phenoxy) is 1. The highest BCUT2D eigenvalue weighted by molar-refractivity contribution is 6.32. The number of carbonyl (C=O) groups is 1. The fraction of sp³-hybridized carbons (Fsp3) is 0.217. The van der Waals surface area contributed by atoms with E-state index in [4.69, 9.17) is 20.8 Å². The Morgan fingerprint density at radius 2 is 2.00 bits per heavy atom. The second-order valence-electron chi connectivity index (χ2n) is 7.00. The molecule has 0 bridgehead atoms. The van der Waals surface area contributed by atoms with Crippen LogP contribution in [0.25, 0.3) is 16.5 Å². The van der Waals surface area contributed by atoms with Gasteiger partial charge in [0.2, 0.25) is 0 Å². The van der Waals surface area contributed by atoms with Crippen LogP contribution in [0.2, 0.25) is 5.02 Å². The first-order valence-electron chi connectivity index (χ1n) is 9.40. The van der Waals surface area contributed by atoms with Crippen molar-refractivity contribution in [2.24, 2.45) is 0 Å². The van der Waals surface area contributed by atoms with Gasteiger partial charge in [-0.3, -0.25) is 4.79 Å². The quantitative estimate of drug-likeness (QED) is 0.597. The van der Waals surface area contributed by atoms with Crippen molar-refractivity contribution in [2.75, 3.05) is 19.7 Å². The topological polar surface area (TPSA) is 59.8 Å². The molecule has 6 heteroatoms. The minimum Gasteiger partial charge on any atom is -0.482 e. The molecule has 0 N–H and O–H groups in total. The summed E-state index contributed by atoms with van der Waals surface area (Å²) in [6.07, 6.45) is 2.88. The summed E-state index contributed by atoms with van der Waals surface area (Å²) >= 11 is 6.29. The summed E-state index contributed by atoms with van der Waals surface area (Å²) in [5, 5.41) is 1.11. The third kappa shape index (κ3) is 4.20. The van der Waals surface area contributed by atoms with Crippen molar-refractivity contribution >= 4 is 34.1 Å². The fourth-order valence-corrected chi connectivity index (χ4v) is 3.69. The Morgan fingerprint density at radius 1 is 1.21 bits per heavy atom. The smallest absolute Gasteiger partial charge is 0.336 e. The molecule has 1 amide bonds. The van der Waals surface area contributed by atoms with Crippen molar-refractivity contribution in [3.8, 4) is 5.75 Å². The number of carbonyl (C=O) groups excluding carboxylic acids is 1. The third-order valence-corrected chi connectivity index (χ3v) is 5.36. The molecule has 0 unspecified atom stereocenters. The van der Waals surface area contributed by atoms with Gasteiger partial charge >= 0.3 is 5.63 Å². The van der Waals surface area contributed by atoms with E-state index in [9.17, 15) is 9.59 Å². The number of fused-ring (bicyclic) bond motifs is 1. The predicted molar refractivity (Wildman–Crippen MR) is 113 cm³/mol. The maximum absolute atomic E-state index is 12.6. The average molecular weight is 410 g/mol. The van der Waals surface area contributed by atoms with Gasteiger partial charge in [-0.1, -0.05) is 48.0 Å². The molecule has 1 aliphatic rings. The number of rotatable bonds is 4. The van der Waals surface area contributed by atoms with E-state index in [0.29, 0.717) is 29.4 Å². The Hall–Kier alpha value is -3.05. The Morgan fingerprint density at radius 3 is 2.72 bits per heavy atom. The van der Waals surface area contributed by atoms with E-state index in [2.05, 4.69) is 18.2 Å². The Balaban J connectivity index is 1.43. The van der Waals surface area contributed by atoms with Crippen molar-refractivity contribution in [3.05, 3.63) is 81.2 Å². The number of amides is 1. The zero-order valence-corrected chi connectivity index (χ0v) is 16.7. The second kappa shape index (κ2) is 8.13. The second-order valence-corrected chi connectivity index (χ2v) is 7.41. The van der Waals surface area contributed by atoms with Gasteiger partial charge in [0.15, 0.2) is 6.61 Å². The molecule has 1 aromatic heterocycles. The van der Waals surface area contributed by atoms with E-state index in [1.807, 2.05) is 25.1 Å². The lowest BCUT2D eigenvalue weighted by molar-refractivity contribution is -0.132. The Labute approximate surface area is 173 Å². The molecule has 1 aliphatic heterocycles. The summed E-state index contributed by atoms with van der Waals surface area (Å²) < 4.78 is 10.9. The Bertz CT molecular complexity index is 1150. The number of aryl methyl sites for hydroxylation is 1. The van der Waals surface area contributed by atoms with Crippen LogP contribution in [0.1, 0.15) is 17.5 Å². The van der Waals surface area contributed by atoms with E-state index in [0.717, 1.165) is 17.4 Å². The summed E-state index contributed by atoms with van der Waals surface area (Å²) in [5.74, 6) is 0.203. The fourth-order valence-electron chi connectivity index (χ4n) is 3.47. The minimum atomic E-state index is -0.436. The van der Waals surface area contributed by atoms with E-state index in [-0.39, 0.29) is 12.5 Å². The van der Waals surface area contributed by atoms with Crippen LogP contribution in [0.5, 0.6) is 5.75 Å². The van der Waals surface area contributed by atoms with Gasteiger partial charge in [0, 0.05) is 30.6 Å². The maximum atomic E-state index is 12.6. The lowest BCUT2D eigenvalue weighted by atomic mass is 10.00. The largest absolute Gasteiger partial charge is 0.482 e. The molecule has 0 atom stereocenters. The van der Waals surface area contributed by atoms with Crippen LogP contribution in [0, 0.1) is 6.92 Å². The van der Waals surface area contributed by atoms with Crippen LogP contribution >= 0.6 is 11.6 Å². The zero-order valence-electron chi connectivity index (χ0n) is 16.0. The molecule has 2 heterocycles. The first kappa shape index (κ1) is 19.3. The molecule has 3 aromatic rings. The number of benzene rings is 2. The highest BCUT2D eigenvalue weighted by Gasteiger charge is 2.19. The molecule has 2 aromatic carbocycles. The highest BCUT2D eigenvalue weighted by atomic mass is 35.5. The monoisotopic (exact) mass is 409 g/mol. The van der Waals surface area contributed by atoms with Crippen molar-refractivity contribution in [1.82, 2.24) is 4.90 Å².